The second kappa shape index (κ2) is 9.13. The monoisotopic (exact) mass is 514 g/mol. The number of carboxylic acids is 1. The average Bonchev–Trinajstić information content (AvgIpc) is 3.01. The summed E-state index contributed by atoms with van der Waals surface area (Å²) in [6, 6.07) is 4.42. The molecule has 192 valence electrons. The summed E-state index contributed by atoms with van der Waals surface area (Å²) in [6.07, 6.45) is -5.60. The van der Waals surface area contributed by atoms with Crippen molar-refractivity contribution in [3.63, 3.8) is 0 Å². The Balaban J connectivity index is 2.11. The molecule has 0 atom stereocenters. The number of nitrogens with one attached hydrogen (secondary N) is 1. The SMILES string of the molecule is Cc1c(CC(=O)NC(C)(C)C(=O)O)c2c(F)c(O)c(F)cc2n1C(=O)c1ccc(OC(F)(F)F)cc1. The molecule has 0 aliphatic rings. The van der Waals surface area contributed by atoms with Gasteiger partial charge < -0.3 is 20.3 Å². The van der Waals surface area contributed by atoms with Crippen molar-refractivity contribution in [1.82, 2.24) is 9.88 Å². The molecule has 0 fully saturated rings. The molecule has 0 radical (unpaired) electrons. The highest BCUT2D eigenvalue weighted by Crippen LogP contribution is 2.35. The van der Waals surface area contributed by atoms with Crippen LogP contribution in [0.1, 0.15) is 35.5 Å². The Bertz CT molecular complexity index is 1380. The number of carbonyl (C=O) groups excluding carboxylic acids is 2. The molecule has 3 N–H and O–H groups in total. The number of amides is 1. The van der Waals surface area contributed by atoms with Gasteiger partial charge in [0.25, 0.3) is 5.91 Å². The Hall–Kier alpha value is -4.16. The summed E-state index contributed by atoms with van der Waals surface area (Å²) < 4.78 is 70.9. The van der Waals surface area contributed by atoms with Crippen molar-refractivity contribution in [3.8, 4) is 11.5 Å². The Morgan fingerprint density at radius 2 is 1.67 bits per heavy atom. The van der Waals surface area contributed by atoms with E-state index in [4.69, 9.17) is 0 Å². The summed E-state index contributed by atoms with van der Waals surface area (Å²) >= 11 is 0. The van der Waals surface area contributed by atoms with Gasteiger partial charge in [0.05, 0.1) is 11.9 Å². The van der Waals surface area contributed by atoms with Crippen LogP contribution in [0.3, 0.4) is 0 Å². The number of ether oxygens (including phenoxy) is 1. The van der Waals surface area contributed by atoms with Crippen LogP contribution >= 0.6 is 0 Å². The topological polar surface area (TPSA) is 118 Å². The van der Waals surface area contributed by atoms with Crippen LogP contribution in [0.2, 0.25) is 0 Å². The minimum atomic E-state index is -4.96. The van der Waals surface area contributed by atoms with E-state index in [2.05, 4.69) is 10.1 Å². The van der Waals surface area contributed by atoms with E-state index in [-0.39, 0.29) is 22.3 Å². The van der Waals surface area contributed by atoms with Gasteiger partial charge in [0.15, 0.2) is 17.4 Å². The van der Waals surface area contributed by atoms with Gasteiger partial charge in [-0.1, -0.05) is 0 Å². The fraction of sp³-hybridized carbons (Fsp3) is 0.261. The normalized spacial score (nSPS) is 12.0. The number of benzene rings is 2. The number of rotatable bonds is 6. The van der Waals surface area contributed by atoms with Crippen LogP contribution in [0, 0.1) is 18.6 Å². The minimum absolute atomic E-state index is 0.0437. The number of hydrogen-bond donors (Lipinski definition) is 3. The van der Waals surface area contributed by atoms with Crippen molar-refractivity contribution in [3.05, 3.63) is 58.8 Å². The third kappa shape index (κ3) is 5.09. The zero-order valence-electron chi connectivity index (χ0n) is 19.0. The second-order valence-corrected chi connectivity index (χ2v) is 8.35. The zero-order chi connectivity index (χ0) is 27.2. The summed E-state index contributed by atoms with van der Waals surface area (Å²) in [5.41, 5.74) is -2.41. The lowest BCUT2D eigenvalue weighted by Crippen LogP contribution is -2.50. The molecule has 2 aromatic carbocycles. The number of carboxylic acid groups (broad SMARTS) is 1. The molecule has 0 unspecified atom stereocenters. The van der Waals surface area contributed by atoms with Gasteiger partial charge in [0.2, 0.25) is 5.91 Å². The number of halogens is 5. The van der Waals surface area contributed by atoms with Crippen LogP contribution in [0.25, 0.3) is 10.9 Å². The first-order valence-electron chi connectivity index (χ1n) is 10.2. The van der Waals surface area contributed by atoms with Crippen LogP contribution in [0.15, 0.2) is 30.3 Å². The summed E-state index contributed by atoms with van der Waals surface area (Å²) in [7, 11) is 0. The van der Waals surface area contributed by atoms with Crippen molar-refractivity contribution in [2.24, 2.45) is 0 Å². The van der Waals surface area contributed by atoms with Crippen LogP contribution in [0.4, 0.5) is 22.0 Å². The third-order valence-electron chi connectivity index (χ3n) is 5.35. The molecule has 1 aromatic heterocycles. The smallest absolute Gasteiger partial charge is 0.503 e. The Morgan fingerprint density at radius 1 is 1.08 bits per heavy atom. The largest absolute Gasteiger partial charge is 0.573 e. The zero-order valence-corrected chi connectivity index (χ0v) is 19.0. The maximum absolute atomic E-state index is 14.9. The third-order valence-corrected chi connectivity index (χ3v) is 5.35. The summed E-state index contributed by atoms with van der Waals surface area (Å²) in [5, 5.41) is 20.8. The van der Waals surface area contributed by atoms with Crippen molar-refractivity contribution >= 4 is 28.7 Å². The quantitative estimate of drug-likeness (QED) is 0.428. The van der Waals surface area contributed by atoms with Crippen LogP contribution < -0.4 is 10.1 Å². The molecule has 0 aliphatic heterocycles. The molecule has 3 rings (SSSR count). The molecule has 0 saturated heterocycles. The number of alkyl halides is 3. The number of aromatic hydroxyl groups is 1. The standard InChI is InChI=1S/C23H19F5N2O6/c1-10-13(8-16(31)29-22(2,3)21(34)35)17-15(9-14(24)19(32)18(17)25)30(10)20(33)11-4-6-12(7-5-11)36-23(26,27)28/h4-7,9,32H,8H2,1-3H3,(H,29,31)(H,34,35). The lowest BCUT2D eigenvalue weighted by atomic mass is 10.0. The Kier molecular flexibility index (Phi) is 6.71. The van der Waals surface area contributed by atoms with Crippen molar-refractivity contribution < 1.29 is 51.3 Å². The van der Waals surface area contributed by atoms with Gasteiger partial charge in [-0.25, -0.2) is 13.6 Å². The summed E-state index contributed by atoms with van der Waals surface area (Å²) in [4.78, 5) is 37.1. The predicted molar refractivity (Wildman–Crippen MR) is 115 cm³/mol. The molecule has 1 heterocycles. The first-order chi connectivity index (χ1) is 16.5. The maximum Gasteiger partial charge on any atom is 0.573 e. The molecular formula is C23H19F5N2O6. The second-order valence-electron chi connectivity index (χ2n) is 8.35. The molecule has 8 nitrogen and oxygen atoms in total. The molecule has 0 aliphatic carbocycles. The van der Waals surface area contributed by atoms with E-state index >= 15 is 0 Å². The van der Waals surface area contributed by atoms with Gasteiger partial charge in [-0.3, -0.25) is 14.2 Å². The molecule has 3 aromatic rings. The van der Waals surface area contributed by atoms with Gasteiger partial charge in [-0.2, -0.15) is 0 Å². The highest BCUT2D eigenvalue weighted by molar-refractivity contribution is 6.05. The van der Waals surface area contributed by atoms with E-state index in [9.17, 15) is 46.5 Å². The number of aromatic nitrogens is 1. The number of phenols is 1. The summed E-state index contributed by atoms with van der Waals surface area (Å²) in [6.45, 7) is 3.72. The Morgan fingerprint density at radius 3 is 2.19 bits per heavy atom. The van der Waals surface area contributed by atoms with E-state index in [1.807, 2.05) is 0 Å². The highest BCUT2D eigenvalue weighted by atomic mass is 19.4. The van der Waals surface area contributed by atoms with E-state index in [1.54, 1.807) is 0 Å². The number of aliphatic carboxylic acids is 1. The fourth-order valence-corrected chi connectivity index (χ4v) is 3.57. The van der Waals surface area contributed by atoms with E-state index < -0.39 is 64.6 Å². The van der Waals surface area contributed by atoms with Crippen LogP contribution in [-0.2, 0) is 16.0 Å². The number of fused-ring (bicyclic) bond motifs is 1. The van der Waals surface area contributed by atoms with Gasteiger partial charge in [-0.05, 0) is 50.6 Å². The maximum atomic E-state index is 14.9. The lowest BCUT2D eigenvalue weighted by Gasteiger charge is -2.21. The molecule has 0 saturated carbocycles. The van der Waals surface area contributed by atoms with Gasteiger partial charge in [-0.15, -0.1) is 13.2 Å². The fourth-order valence-electron chi connectivity index (χ4n) is 3.57. The van der Waals surface area contributed by atoms with Gasteiger partial charge in [0.1, 0.15) is 11.3 Å². The summed E-state index contributed by atoms with van der Waals surface area (Å²) in [5.74, 6) is -7.93. The van der Waals surface area contributed by atoms with Crippen LogP contribution in [0.5, 0.6) is 11.5 Å². The molecule has 0 bridgehead atoms. The molecule has 0 spiro atoms. The number of hydrogen-bond acceptors (Lipinski definition) is 5. The number of carbonyl (C=O) groups is 3. The van der Waals surface area contributed by atoms with Crippen LogP contribution in [-0.4, -0.2) is 44.5 Å². The highest BCUT2D eigenvalue weighted by Gasteiger charge is 2.32. The lowest BCUT2D eigenvalue weighted by molar-refractivity contribution is -0.274. The van der Waals surface area contributed by atoms with Crippen molar-refractivity contribution in [1.29, 1.82) is 0 Å². The molecule has 13 heteroatoms. The Labute approximate surface area is 199 Å². The van der Waals surface area contributed by atoms with Gasteiger partial charge in [0, 0.05) is 22.7 Å². The number of nitrogens with zero attached hydrogens (tertiary/aromatic N) is 1. The first kappa shape index (κ1) is 26.4. The van der Waals surface area contributed by atoms with Crippen molar-refractivity contribution in [2.45, 2.75) is 39.1 Å². The first-order valence-corrected chi connectivity index (χ1v) is 10.2. The van der Waals surface area contributed by atoms with E-state index in [0.717, 1.165) is 28.8 Å². The van der Waals surface area contributed by atoms with Gasteiger partial charge >= 0.3 is 12.3 Å². The number of phenolic OH excluding ortho intramolecular Hbond substituents is 1. The average molecular weight is 514 g/mol. The van der Waals surface area contributed by atoms with E-state index in [1.165, 1.54) is 20.8 Å². The predicted octanol–water partition coefficient (Wildman–Crippen LogP) is 4.04. The van der Waals surface area contributed by atoms with Crippen molar-refractivity contribution in [2.75, 3.05) is 0 Å². The molecule has 1 amide bonds. The molecule has 36 heavy (non-hydrogen) atoms. The minimum Gasteiger partial charge on any atom is -0.503 e. The molecular weight excluding hydrogens is 495 g/mol. The van der Waals surface area contributed by atoms with E-state index in [0.29, 0.717) is 6.07 Å².